The summed E-state index contributed by atoms with van der Waals surface area (Å²) in [5.74, 6) is 1.20. The van der Waals surface area contributed by atoms with Crippen molar-refractivity contribution in [2.45, 2.75) is 33.6 Å². The second-order valence-corrected chi connectivity index (χ2v) is 2.43. The number of hydrogen-bond donors (Lipinski definition) is 1. The van der Waals surface area contributed by atoms with Gasteiger partial charge in [0.1, 0.15) is 5.78 Å². The summed E-state index contributed by atoms with van der Waals surface area (Å²) in [7, 11) is 0. The van der Waals surface area contributed by atoms with Crippen molar-refractivity contribution in [3.63, 3.8) is 0 Å². The summed E-state index contributed by atoms with van der Waals surface area (Å²) in [6.07, 6.45) is 2.52. The topological polar surface area (TPSA) is 17.1 Å². The summed E-state index contributed by atoms with van der Waals surface area (Å²) in [6.45, 7) is 5.22. The largest absolute Gasteiger partial charge is 0.300 e. The van der Waals surface area contributed by atoms with Crippen LogP contribution >= 0.6 is 12.6 Å². The second-order valence-electron chi connectivity index (χ2n) is 1.99. The first-order valence-electron chi connectivity index (χ1n) is 3.23. The maximum absolute atomic E-state index is 9.44. The third-order valence-corrected chi connectivity index (χ3v) is 0.828. The summed E-state index contributed by atoms with van der Waals surface area (Å²) < 4.78 is 0. The third-order valence-electron chi connectivity index (χ3n) is 0.512. The van der Waals surface area contributed by atoms with E-state index in [1.807, 2.05) is 0 Å². The summed E-state index contributed by atoms with van der Waals surface area (Å²) in [5, 5.41) is 0. The van der Waals surface area contributed by atoms with Gasteiger partial charge in [-0.2, -0.15) is 12.6 Å². The molecule has 0 aliphatic rings. The van der Waals surface area contributed by atoms with E-state index in [2.05, 4.69) is 19.6 Å². The molecule has 0 bridgehead atoms. The fourth-order valence-electron chi connectivity index (χ4n) is 0.158. The highest BCUT2D eigenvalue weighted by Crippen LogP contribution is 1.85. The highest BCUT2D eigenvalue weighted by molar-refractivity contribution is 7.80. The monoisotopic (exact) mass is 148 g/mol. The van der Waals surface area contributed by atoms with Crippen LogP contribution in [0.2, 0.25) is 0 Å². The average molecular weight is 148 g/mol. The van der Waals surface area contributed by atoms with Crippen LogP contribution in [0, 0.1) is 0 Å². The van der Waals surface area contributed by atoms with Crippen molar-refractivity contribution in [1.29, 1.82) is 0 Å². The van der Waals surface area contributed by atoms with Crippen LogP contribution in [-0.2, 0) is 4.79 Å². The zero-order chi connectivity index (χ0) is 7.70. The van der Waals surface area contributed by atoms with Crippen molar-refractivity contribution >= 4 is 18.4 Å². The summed E-state index contributed by atoms with van der Waals surface area (Å²) in [6, 6.07) is 0. The van der Waals surface area contributed by atoms with Gasteiger partial charge >= 0.3 is 0 Å². The van der Waals surface area contributed by atoms with Gasteiger partial charge in [-0.3, -0.25) is 0 Å². The maximum atomic E-state index is 9.44. The zero-order valence-corrected chi connectivity index (χ0v) is 7.37. The first-order chi connectivity index (χ1) is 4.15. The number of carbonyl (C=O) groups is 1. The Morgan fingerprint density at radius 3 is 1.78 bits per heavy atom. The molecule has 1 nitrogen and oxygen atoms in total. The van der Waals surface area contributed by atoms with Gasteiger partial charge < -0.3 is 4.79 Å². The van der Waals surface area contributed by atoms with Gasteiger partial charge in [0.25, 0.3) is 0 Å². The lowest BCUT2D eigenvalue weighted by Crippen LogP contribution is -1.69. The van der Waals surface area contributed by atoms with Crippen LogP contribution in [0.5, 0.6) is 0 Å². The number of ketones is 1. The molecule has 0 rings (SSSR count). The number of unbranched alkanes of at least 4 members (excludes halogenated alkanes) is 1. The Kier molecular flexibility index (Phi) is 14.3. The van der Waals surface area contributed by atoms with Crippen molar-refractivity contribution < 1.29 is 4.79 Å². The van der Waals surface area contributed by atoms with Crippen molar-refractivity contribution in [3.05, 3.63) is 0 Å². The number of carbonyl (C=O) groups excluding carboxylic acids is 1. The maximum Gasteiger partial charge on any atom is 0.126 e. The summed E-state index contributed by atoms with van der Waals surface area (Å²) in [4.78, 5) is 9.44. The molecular weight excluding hydrogens is 132 g/mol. The minimum atomic E-state index is 0.167. The van der Waals surface area contributed by atoms with Gasteiger partial charge in [-0.1, -0.05) is 13.3 Å². The van der Waals surface area contributed by atoms with Gasteiger partial charge in [-0.05, 0) is 26.0 Å². The van der Waals surface area contributed by atoms with Gasteiger partial charge in [0.05, 0.1) is 0 Å². The molecule has 0 radical (unpaired) electrons. The number of hydrogen-bond acceptors (Lipinski definition) is 2. The molecule has 0 aromatic rings. The molecule has 0 fully saturated rings. The van der Waals surface area contributed by atoms with E-state index in [9.17, 15) is 4.79 Å². The molecule has 0 aromatic carbocycles. The highest BCUT2D eigenvalue weighted by atomic mass is 32.1. The van der Waals surface area contributed by atoms with Crippen molar-refractivity contribution in [2.75, 3.05) is 5.75 Å². The lowest BCUT2D eigenvalue weighted by atomic mass is 10.4. The minimum Gasteiger partial charge on any atom is -0.300 e. The summed E-state index contributed by atoms with van der Waals surface area (Å²) in [5.41, 5.74) is 0. The molecule has 0 N–H and O–H groups in total. The van der Waals surface area contributed by atoms with E-state index < -0.39 is 0 Å². The first kappa shape index (κ1) is 11.8. The lowest BCUT2D eigenvalue weighted by Gasteiger charge is -1.78. The van der Waals surface area contributed by atoms with Gasteiger partial charge in [0.15, 0.2) is 0 Å². The SMILES string of the molecule is CC(C)=O.CCCCS. The Morgan fingerprint density at radius 1 is 1.44 bits per heavy atom. The van der Waals surface area contributed by atoms with Gasteiger partial charge in [-0.25, -0.2) is 0 Å². The van der Waals surface area contributed by atoms with Crippen LogP contribution in [-0.4, -0.2) is 11.5 Å². The van der Waals surface area contributed by atoms with E-state index in [4.69, 9.17) is 0 Å². The predicted octanol–water partition coefficient (Wildman–Crippen LogP) is 2.31. The molecular formula is C7H16OS. The van der Waals surface area contributed by atoms with Crippen LogP contribution in [0.1, 0.15) is 33.6 Å². The molecule has 0 heterocycles. The Hall–Kier alpha value is 0.0200. The number of rotatable bonds is 2. The van der Waals surface area contributed by atoms with E-state index in [1.165, 1.54) is 26.7 Å². The van der Waals surface area contributed by atoms with Crippen LogP contribution < -0.4 is 0 Å². The molecule has 0 spiro atoms. The molecule has 9 heavy (non-hydrogen) atoms. The predicted molar refractivity (Wildman–Crippen MR) is 45.1 cm³/mol. The van der Waals surface area contributed by atoms with E-state index in [1.54, 1.807) is 0 Å². The quantitative estimate of drug-likeness (QED) is 0.595. The fourth-order valence-corrected chi connectivity index (χ4v) is 0.474. The van der Waals surface area contributed by atoms with E-state index in [-0.39, 0.29) is 5.78 Å². The normalized spacial score (nSPS) is 7.56. The third kappa shape index (κ3) is 71.2. The molecule has 0 aromatic heterocycles. The molecule has 0 saturated carbocycles. The van der Waals surface area contributed by atoms with E-state index in [0.717, 1.165) is 5.75 Å². The smallest absolute Gasteiger partial charge is 0.126 e. The second kappa shape index (κ2) is 10.9. The van der Waals surface area contributed by atoms with Crippen LogP contribution in [0.3, 0.4) is 0 Å². The highest BCUT2D eigenvalue weighted by Gasteiger charge is 1.68. The lowest BCUT2D eigenvalue weighted by molar-refractivity contribution is -0.114. The van der Waals surface area contributed by atoms with Gasteiger partial charge in [-0.15, -0.1) is 0 Å². The molecule has 0 amide bonds. The van der Waals surface area contributed by atoms with Crippen LogP contribution in [0.4, 0.5) is 0 Å². The van der Waals surface area contributed by atoms with Gasteiger partial charge in [0.2, 0.25) is 0 Å². The molecule has 0 unspecified atom stereocenters. The van der Waals surface area contributed by atoms with Crippen molar-refractivity contribution in [1.82, 2.24) is 0 Å². The molecule has 56 valence electrons. The van der Waals surface area contributed by atoms with Crippen molar-refractivity contribution in [3.8, 4) is 0 Å². The fraction of sp³-hybridized carbons (Fsp3) is 0.857. The zero-order valence-electron chi connectivity index (χ0n) is 6.48. The van der Waals surface area contributed by atoms with Crippen LogP contribution in [0.15, 0.2) is 0 Å². The van der Waals surface area contributed by atoms with E-state index in [0.29, 0.717) is 0 Å². The van der Waals surface area contributed by atoms with E-state index >= 15 is 0 Å². The Bertz CT molecular complexity index is 55.9. The van der Waals surface area contributed by atoms with Gasteiger partial charge in [0, 0.05) is 0 Å². The number of Topliss-reactive ketones (excluding diaryl/α,β-unsaturated/α-hetero) is 1. The Balaban J connectivity index is 0. The Morgan fingerprint density at radius 2 is 1.78 bits per heavy atom. The average Bonchev–Trinajstić information content (AvgIpc) is 1.66. The molecule has 0 aliphatic carbocycles. The first-order valence-corrected chi connectivity index (χ1v) is 3.86. The summed E-state index contributed by atoms with van der Waals surface area (Å²) >= 11 is 4.00. The van der Waals surface area contributed by atoms with Crippen LogP contribution in [0.25, 0.3) is 0 Å². The molecule has 0 saturated heterocycles. The minimum absolute atomic E-state index is 0.167. The van der Waals surface area contributed by atoms with Crippen molar-refractivity contribution in [2.24, 2.45) is 0 Å². The standard InChI is InChI=1S/C4H10S.C3H6O/c1-2-3-4-5;1-3(2)4/h5H,2-4H2,1H3;1-2H3. The number of thiol groups is 1. The molecule has 2 heteroatoms. The Labute approximate surface area is 63.3 Å². The molecule has 0 atom stereocenters. The molecule has 0 aliphatic heterocycles.